The van der Waals surface area contributed by atoms with Crippen molar-refractivity contribution in [2.24, 2.45) is 10.6 Å². The molecule has 0 unspecified atom stereocenters. The van der Waals surface area contributed by atoms with Gasteiger partial charge in [-0.1, -0.05) is 0 Å². The first-order valence-corrected chi connectivity index (χ1v) is 8.36. The zero-order valence-electron chi connectivity index (χ0n) is 14.2. The highest BCUT2D eigenvalue weighted by atomic mass is 32.2. The minimum Gasteiger partial charge on any atom is -0.464 e. The van der Waals surface area contributed by atoms with Crippen molar-refractivity contribution in [3.05, 3.63) is 55.6 Å². The predicted molar refractivity (Wildman–Crippen MR) is 93.4 cm³/mol. The number of nitro groups is 1. The zero-order valence-corrected chi connectivity index (χ0v) is 15.0. The minimum absolute atomic E-state index is 0.0823. The van der Waals surface area contributed by atoms with Gasteiger partial charge in [0.25, 0.3) is 6.20 Å². The van der Waals surface area contributed by atoms with Crippen LogP contribution in [0.4, 0.5) is 0 Å². The molecule has 0 spiro atoms. The normalized spacial score (nSPS) is 11.4. The fourth-order valence-corrected chi connectivity index (χ4v) is 2.67. The Morgan fingerprint density at radius 3 is 2.52 bits per heavy atom. The number of rotatable bonds is 12. The first-order valence-electron chi connectivity index (χ1n) is 7.20. The van der Waals surface area contributed by atoms with Gasteiger partial charge in [0.05, 0.1) is 34.3 Å². The molecule has 0 atom stereocenters. The Morgan fingerprint density at radius 1 is 1.28 bits per heavy atom. The summed E-state index contributed by atoms with van der Waals surface area (Å²) in [5, 5.41) is 17.4. The smallest absolute Gasteiger partial charge is 0.278 e. The van der Waals surface area contributed by atoms with E-state index < -0.39 is 4.92 Å². The molecule has 1 aromatic rings. The van der Waals surface area contributed by atoms with Crippen molar-refractivity contribution in [1.29, 1.82) is 0 Å². The predicted octanol–water partition coefficient (Wildman–Crippen LogP) is 2.25. The first kappa shape index (κ1) is 20.6. The third-order valence-electron chi connectivity index (χ3n) is 2.92. The van der Waals surface area contributed by atoms with Gasteiger partial charge in [0.1, 0.15) is 11.5 Å². The molecule has 0 saturated carbocycles. The van der Waals surface area contributed by atoms with E-state index in [4.69, 9.17) is 4.42 Å². The Kier molecular flexibility index (Phi) is 8.56. The molecule has 0 aliphatic carbocycles. The van der Waals surface area contributed by atoms with Crippen LogP contribution in [-0.4, -0.2) is 53.3 Å². The summed E-state index contributed by atoms with van der Waals surface area (Å²) in [5.74, 6) is 2.36. The highest BCUT2D eigenvalue weighted by molar-refractivity contribution is 7.98. The van der Waals surface area contributed by atoms with Gasteiger partial charge in [-0.15, -0.1) is 9.81 Å². The Labute approximate surface area is 148 Å². The van der Waals surface area contributed by atoms with E-state index in [1.165, 1.54) is 18.8 Å². The van der Waals surface area contributed by atoms with Gasteiger partial charge in [-0.3, -0.25) is 10.1 Å². The summed E-state index contributed by atoms with van der Waals surface area (Å²) in [7, 11) is 5.08. The van der Waals surface area contributed by atoms with Gasteiger partial charge in [0, 0.05) is 12.8 Å². The van der Waals surface area contributed by atoms with Crippen LogP contribution in [0.2, 0.25) is 0 Å². The van der Waals surface area contributed by atoms with Gasteiger partial charge < -0.3 is 9.32 Å². The summed E-state index contributed by atoms with van der Waals surface area (Å²) in [5.41, 5.74) is 0. The summed E-state index contributed by atoms with van der Waals surface area (Å²) < 4.78 is 5.66. The SMILES string of the molecule is CN(C)Cc1ccc(CSCCN(N=O)/C(=C\[N+](=O)[O-])N(C)N=O)o1. The second-order valence-corrected chi connectivity index (χ2v) is 6.35. The van der Waals surface area contributed by atoms with Crippen molar-refractivity contribution in [2.45, 2.75) is 12.3 Å². The lowest BCUT2D eigenvalue weighted by Gasteiger charge is -2.19. The van der Waals surface area contributed by atoms with Gasteiger partial charge >= 0.3 is 0 Å². The van der Waals surface area contributed by atoms with Gasteiger partial charge in [0.2, 0.25) is 5.82 Å². The van der Waals surface area contributed by atoms with Crippen LogP contribution < -0.4 is 0 Å². The Bertz CT molecular complexity index is 620. The first-order chi connectivity index (χ1) is 11.9. The molecule has 0 fully saturated rings. The van der Waals surface area contributed by atoms with Gasteiger partial charge in [-0.2, -0.15) is 11.8 Å². The van der Waals surface area contributed by atoms with E-state index in [-0.39, 0.29) is 12.4 Å². The summed E-state index contributed by atoms with van der Waals surface area (Å²) in [6.45, 7) is 0.784. The number of hydrogen-bond donors (Lipinski definition) is 0. The van der Waals surface area contributed by atoms with Crippen LogP contribution in [0.1, 0.15) is 11.5 Å². The monoisotopic (exact) mass is 372 g/mol. The minimum atomic E-state index is -0.780. The van der Waals surface area contributed by atoms with Crippen molar-refractivity contribution in [3.8, 4) is 0 Å². The number of thioether (sulfide) groups is 1. The van der Waals surface area contributed by atoms with Crippen LogP contribution in [0, 0.1) is 19.9 Å². The quantitative estimate of drug-likeness (QED) is 0.235. The van der Waals surface area contributed by atoms with Crippen molar-refractivity contribution in [1.82, 2.24) is 14.9 Å². The van der Waals surface area contributed by atoms with Gasteiger partial charge in [-0.05, 0) is 26.2 Å². The maximum atomic E-state index is 10.9. The summed E-state index contributed by atoms with van der Waals surface area (Å²) in [6, 6.07) is 3.78. The Balaban J connectivity index is 2.54. The van der Waals surface area contributed by atoms with Gasteiger partial charge in [-0.25, -0.2) is 10.0 Å². The number of furan rings is 1. The second-order valence-electron chi connectivity index (χ2n) is 5.24. The molecule has 12 heteroatoms. The fourth-order valence-electron chi connectivity index (χ4n) is 1.87. The van der Waals surface area contributed by atoms with E-state index in [1.807, 2.05) is 31.1 Å². The molecular formula is C13H20N6O5S. The van der Waals surface area contributed by atoms with Crippen molar-refractivity contribution in [3.63, 3.8) is 0 Å². The molecule has 138 valence electrons. The molecule has 0 aliphatic heterocycles. The standard InChI is InChI=1S/C13H20N6O5S/c1-16(2)8-11-4-5-12(24-11)10-25-7-6-18(15-21)13(9-19(22)23)17(3)14-20/h4-5,9H,6-8,10H2,1-3H3/b13-9-. The zero-order chi connectivity index (χ0) is 18.8. The van der Waals surface area contributed by atoms with E-state index in [9.17, 15) is 19.9 Å². The van der Waals surface area contributed by atoms with E-state index in [1.54, 1.807) is 0 Å². The summed E-state index contributed by atoms with van der Waals surface area (Å²) >= 11 is 1.47. The lowest BCUT2D eigenvalue weighted by atomic mass is 10.4. The third kappa shape index (κ3) is 7.30. The highest BCUT2D eigenvalue weighted by Crippen LogP contribution is 2.18. The molecular weight excluding hydrogens is 352 g/mol. The van der Waals surface area contributed by atoms with Crippen LogP contribution in [0.5, 0.6) is 0 Å². The maximum Gasteiger partial charge on any atom is 0.278 e. The molecule has 0 aromatic carbocycles. The molecule has 0 aliphatic rings. The molecule has 0 radical (unpaired) electrons. The Morgan fingerprint density at radius 2 is 1.96 bits per heavy atom. The molecule has 0 N–H and O–H groups in total. The van der Waals surface area contributed by atoms with Crippen LogP contribution in [-0.2, 0) is 12.3 Å². The van der Waals surface area contributed by atoms with Crippen molar-refractivity contribution in [2.75, 3.05) is 33.4 Å². The van der Waals surface area contributed by atoms with Crippen molar-refractivity contribution < 1.29 is 9.34 Å². The molecule has 0 saturated heterocycles. The third-order valence-corrected chi connectivity index (χ3v) is 3.88. The molecule has 1 heterocycles. The molecule has 0 bridgehead atoms. The fraction of sp³-hybridized carbons (Fsp3) is 0.538. The highest BCUT2D eigenvalue weighted by Gasteiger charge is 2.19. The van der Waals surface area contributed by atoms with Crippen LogP contribution in [0.3, 0.4) is 0 Å². The summed E-state index contributed by atoms with van der Waals surface area (Å²) in [6.07, 6.45) is 0.507. The molecule has 1 rings (SSSR count). The average molecular weight is 372 g/mol. The average Bonchev–Trinajstić information content (AvgIpc) is 2.98. The van der Waals surface area contributed by atoms with E-state index in [0.29, 0.717) is 29.3 Å². The largest absolute Gasteiger partial charge is 0.464 e. The van der Waals surface area contributed by atoms with E-state index >= 15 is 0 Å². The van der Waals surface area contributed by atoms with Crippen LogP contribution in [0.15, 0.2) is 39.1 Å². The number of hydrogen-bond acceptors (Lipinski definition) is 9. The Hall–Kier alpha value is -2.47. The molecule has 25 heavy (non-hydrogen) atoms. The lowest BCUT2D eigenvalue weighted by Crippen LogP contribution is -2.28. The topological polar surface area (TPSA) is 125 Å². The number of nitrogens with zero attached hydrogens (tertiary/aromatic N) is 6. The summed E-state index contributed by atoms with van der Waals surface area (Å²) in [4.78, 5) is 33.3. The van der Waals surface area contributed by atoms with Crippen LogP contribution >= 0.6 is 11.8 Å². The molecule has 11 nitrogen and oxygen atoms in total. The lowest BCUT2D eigenvalue weighted by molar-refractivity contribution is -0.405. The van der Waals surface area contributed by atoms with Gasteiger partial charge in [0.15, 0.2) is 0 Å². The van der Waals surface area contributed by atoms with Crippen LogP contribution in [0.25, 0.3) is 0 Å². The molecule has 0 amide bonds. The van der Waals surface area contributed by atoms with Crippen molar-refractivity contribution >= 4 is 11.8 Å². The number of nitroso groups, excluding NO2 is 2. The van der Waals surface area contributed by atoms with E-state index in [2.05, 4.69) is 10.6 Å². The maximum absolute atomic E-state index is 10.9. The van der Waals surface area contributed by atoms with E-state index in [0.717, 1.165) is 16.5 Å². The molecule has 1 aromatic heterocycles. The second kappa shape index (κ2) is 10.4.